The van der Waals surface area contributed by atoms with E-state index in [9.17, 15) is 4.79 Å². The molecule has 1 aliphatic heterocycles. The van der Waals surface area contributed by atoms with E-state index >= 15 is 0 Å². The van der Waals surface area contributed by atoms with Crippen LogP contribution in [0, 0.1) is 12.8 Å². The molecule has 1 amide bonds. The molecular formula is C21H32ClN7O2. The first-order valence-electron chi connectivity index (χ1n) is 10.6. The van der Waals surface area contributed by atoms with Crippen LogP contribution in [-0.4, -0.2) is 56.0 Å². The number of carbonyl (C=O) groups excluding carboxylic acids is 1. The third-order valence-electron chi connectivity index (χ3n) is 5.21. The molecule has 2 aromatic rings. The van der Waals surface area contributed by atoms with Crippen molar-refractivity contribution in [2.75, 3.05) is 30.3 Å². The molecule has 0 bridgehead atoms. The lowest BCUT2D eigenvalue weighted by atomic mass is 9.94. The zero-order valence-corrected chi connectivity index (χ0v) is 19.7. The van der Waals surface area contributed by atoms with Crippen LogP contribution in [0.4, 0.5) is 22.4 Å². The number of piperidine rings is 1. The molecule has 0 aromatic carbocycles. The van der Waals surface area contributed by atoms with Crippen LogP contribution in [0.15, 0.2) is 12.3 Å². The van der Waals surface area contributed by atoms with Crippen molar-refractivity contribution in [3.05, 3.63) is 23.0 Å². The van der Waals surface area contributed by atoms with Crippen molar-refractivity contribution in [1.29, 1.82) is 0 Å². The number of anilines is 3. The van der Waals surface area contributed by atoms with Crippen LogP contribution in [0.25, 0.3) is 0 Å². The summed E-state index contributed by atoms with van der Waals surface area (Å²) in [6, 6.07) is 1.93. The number of nitrogens with one attached hydrogen (secondary N) is 2. The molecule has 0 radical (unpaired) electrons. The molecule has 10 heteroatoms. The summed E-state index contributed by atoms with van der Waals surface area (Å²) in [5.74, 6) is 2.26. The van der Waals surface area contributed by atoms with Crippen LogP contribution in [0.3, 0.4) is 0 Å². The number of rotatable bonds is 6. The van der Waals surface area contributed by atoms with E-state index in [1.165, 1.54) is 0 Å². The first-order chi connectivity index (χ1) is 14.6. The van der Waals surface area contributed by atoms with Crippen molar-refractivity contribution in [2.45, 2.75) is 52.6 Å². The predicted octanol–water partition coefficient (Wildman–Crippen LogP) is 4.36. The van der Waals surface area contributed by atoms with Crippen molar-refractivity contribution in [3.8, 4) is 0 Å². The summed E-state index contributed by atoms with van der Waals surface area (Å²) in [6.45, 7) is 9.85. The standard InChI is InChI=1S/C21H32ClN7O2/c1-14-12-17(27-28(14)5)25-19-24-13-16(22)18(26-19)23-9-6-15-7-10-29(11-8-15)20(30)31-21(2,3)4/h12-13,15H,6-11H2,1-5H3,(H2,23,24,25,26,27). The van der Waals surface area contributed by atoms with Crippen molar-refractivity contribution in [3.63, 3.8) is 0 Å². The summed E-state index contributed by atoms with van der Waals surface area (Å²) in [7, 11) is 1.88. The number of halogens is 1. The lowest BCUT2D eigenvalue weighted by molar-refractivity contribution is 0.0182. The Labute approximate surface area is 188 Å². The Morgan fingerprint density at radius 3 is 2.65 bits per heavy atom. The highest BCUT2D eigenvalue weighted by Gasteiger charge is 2.26. The Hall–Kier alpha value is -2.55. The molecule has 9 nitrogen and oxygen atoms in total. The van der Waals surface area contributed by atoms with Gasteiger partial charge in [0, 0.05) is 38.4 Å². The average molecular weight is 450 g/mol. The van der Waals surface area contributed by atoms with Crippen molar-refractivity contribution >= 4 is 35.3 Å². The van der Waals surface area contributed by atoms with Gasteiger partial charge in [-0.3, -0.25) is 4.68 Å². The third kappa shape index (κ3) is 6.72. The smallest absolute Gasteiger partial charge is 0.410 e. The van der Waals surface area contributed by atoms with Gasteiger partial charge in [0.1, 0.15) is 16.4 Å². The molecule has 3 rings (SSSR count). The summed E-state index contributed by atoms with van der Waals surface area (Å²) in [5.41, 5.74) is 0.574. The summed E-state index contributed by atoms with van der Waals surface area (Å²) in [6.07, 6.45) is 4.26. The van der Waals surface area contributed by atoms with Crippen LogP contribution < -0.4 is 10.6 Å². The Kier molecular flexibility index (Phi) is 7.25. The van der Waals surface area contributed by atoms with E-state index in [2.05, 4.69) is 25.7 Å². The number of carbonyl (C=O) groups is 1. The zero-order chi connectivity index (χ0) is 22.6. The summed E-state index contributed by atoms with van der Waals surface area (Å²) in [4.78, 5) is 22.7. The minimum Gasteiger partial charge on any atom is -0.444 e. The average Bonchev–Trinajstić information content (AvgIpc) is 3.00. The van der Waals surface area contributed by atoms with Crippen molar-refractivity contribution < 1.29 is 9.53 Å². The van der Waals surface area contributed by atoms with E-state index in [4.69, 9.17) is 16.3 Å². The van der Waals surface area contributed by atoms with E-state index in [0.29, 0.717) is 28.5 Å². The van der Waals surface area contributed by atoms with Gasteiger partial charge in [0.2, 0.25) is 5.95 Å². The molecule has 0 saturated carbocycles. The van der Waals surface area contributed by atoms with Crippen LogP contribution in [0.2, 0.25) is 5.02 Å². The third-order valence-corrected chi connectivity index (χ3v) is 5.49. The summed E-state index contributed by atoms with van der Waals surface area (Å²) in [5, 5.41) is 11.2. The molecule has 2 aromatic heterocycles. The Bertz CT molecular complexity index is 882. The second kappa shape index (κ2) is 9.72. The highest BCUT2D eigenvalue weighted by atomic mass is 35.5. The minimum absolute atomic E-state index is 0.222. The molecule has 0 atom stereocenters. The number of likely N-dealkylation sites (tertiary alicyclic amines) is 1. The molecule has 0 aliphatic carbocycles. The maximum absolute atomic E-state index is 12.2. The van der Waals surface area contributed by atoms with E-state index < -0.39 is 5.60 Å². The fourth-order valence-corrected chi connectivity index (χ4v) is 3.57. The molecule has 0 unspecified atom stereocenters. The lowest BCUT2D eigenvalue weighted by Gasteiger charge is -2.33. The molecule has 3 heterocycles. The number of hydrogen-bond acceptors (Lipinski definition) is 7. The van der Waals surface area contributed by atoms with Gasteiger partial charge in [-0.05, 0) is 52.9 Å². The fourth-order valence-electron chi connectivity index (χ4n) is 3.41. The predicted molar refractivity (Wildman–Crippen MR) is 122 cm³/mol. The number of ether oxygens (including phenoxy) is 1. The number of hydrogen-bond donors (Lipinski definition) is 2. The number of aromatic nitrogens is 4. The quantitative estimate of drug-likeness (QED) is 0.675. The number of aryl methyl sites for hydroxylation is 2. The Morgan fingerprint density at radius 1 is 1.32 bits per heavy atom. The van der Waals surface area contributed by atoms with Gasteiger partial charge >= 0.3 is 6.09 Å². The van der Waals surface area contributed by atoms with E-state index in [-0.39, 0.29) is 6.09 Å². The molecule has 31 heavy (non-hydrogen) atoms. The lowest BCUT2D eigenvalue weighted by Crippen LogP contribution is -2.41. The largest absolute Gasteiger partial charge is 0.444 e. The summed E-state index contributed by atoms with van der Waals surface area (Å²) >= 11 is 6.26. The SMILES string of the molecule is Cc1cc(Nc2ncc(Cl)c(NCCC3CCN(C(=O)OC(C)(C)C)CC3)n2)nn1C. The van der Waals surface area contributed by atoms with Crippen molar-refractivity contribution in [1.82, 2.24) is 24.6 Å². The van der Waals surface area contributed by atoms with Gasteiger partial charge < -0.3 is 20.3 Å². The first kappa shape index (κ1) is 23.1. The number of nitrogens with zero attached hydrogens (tertiary/aromatic N) is 5. The Morgan fingerprint density at radius 2 is 2.03 bits per heavy atom. The van der Waals surface area contributed by atoms with E-state index in [1.54, 1.807) is 15.8 Å². The molecule has 0 spiro atoms. The van der Waals surface area contributed by atoms with Gasteiger partial charge in [0.05, 0.1) is 6.20 Å². The van der Waals surface area contributed by atoms with Crippen LogP contribution in [0.5, 0.6) is 0 Å². The highest BCUT2D eigenvalue weighted by Crippen LogP contribution is 2.24. The fraction of sp³-hybridized carbons (Fsp3) is 0.619. The van der Waals surface area contributed by atoms with E-state index in [1.807, 2.05) is 40.8 Å². The Balaban J connectivity index is 1.46. The minimum atomic E-state index is -0.461. The van der Waals surface area contributed by atoms with Gasteiger partial charge in [-0.15, -0.1) is 0 Å². The summed E-state index contributed by atoms with van der Waals surface area (Å²) < 4.78 is 7.24. The second-order valence-electron chi connectivity index (χ2n) is 8.94. The molecular weight excluding hydrogens is 418 g/mol. The molecule has 1 fully saturated rings. The van der Waals surface area contributed by atoms with Crippen molar-refractivity contribution in [2.24, 2.45) is 13.0 Å². The van der Waals surface area contributed by atoms with Crippen LogP contribution >= 0.6 is 11.6 Å². The topological polar surface area (TPSA) is 97.2 Å². The maximum Gasteiger partial charge on any atom is 0.410 e. The highest BCUT2D eigenvalue weighted by molar-refractivity contribution is 6.32. The normalized spacial score (nSPS) is 15.1. The molecule has 170 valence electrons. The molecule has 1 saturated heterocycles. The maximum atomic E-state index is 12.2. The number of amides is 1. The van der Waals surface area contributed by atoms with Gasteiger partial charge in [-0.2, -0.15) is 10.1 Å². The monoisotopic (exact) mass is 449 g/mol. The van der Waals surface area contributed by atoms with Gasteiger partial charge in [-0.25, -0.2) is 9.78 Å². The second-order valence-corrected chi connectivity index (χ2v) is 9.34. The first-order valence-corrected chi connectivity index (χ1v) is 11.0. The van der Waals surface area contributed by atoms with Crippen LogP contribution in [0.1, 0.15) is 45.7 Å². The van der Waals surface area contributed by atoms with Gasteiger partial charge in [-0.1, -0.05) is 11.6 Å². The van der Waals surface area contributed by atoms with E-state index in [0.717, 1.165) is 44.6 Å². The van der Waals surface area contributed by atoms with Gasteiger partial charge in [0.25, 0.3) is 0 Å². The molecule has 1 aliphatic rings. The van der Waals surface area contributed by atoms with Gasteiger partial charge in [0.15, 0.2) is 5.82 Å². The van der Waals surface area contributed by atoms with Crippen LogP contribution in [-0.2, 0) is 11.8 Å². The molecule has 2 N–H and O–H groups in total. The zero-order valence-electron chi connectivity index (χ0n) is 18.9.